The molecule has 1 aliphatic rings. The smallest absolute Gasteiger partial charge is 0.161 e. The summed E-state index contributed by atoms with van der Waals surface area (Å²) in [5.41, 5.74) is 4.80. The number of halogens is 1. The summed E-state index contributed by atoms with van der Waals surface area (Å²) in [6.45, 7) is 0.666. The molecule has 1 aliphatic carbocycles. The SMILES string of the molecule is Cn1cc(-c2cccc(-c3ncc(-c4cnn(C)c4)c(NCCC[C@H]4CCC[C@H](F)[C@H]4O)n3)c2)cn1. The summed E-state index contributed by atoms with van der Waals surface area (Å²) in [5, 5.41) is 22.2. The Kier molecular flexibility index (Phi) is 7.09. The number of benzene rings is 1. The summed E-state index contributed by atoms with van der Waals surface area (Å²) in [6, 6.07) is 8.11. The summed E-state index contributed by atoms with van der Waals surface area (Å²) >= 11 is 0. The first-order valence-electron chi connectivity index (χ1n) is 12.5. The molecule has 0 aliphatic heterocycles. The molecule has 1 saturated carbocycles. The van der Waals surface area contributed by atoms with Crippen LogP contribution in [0.1, 0.15) is 32.1 Å². The van der Waals surface area contributed by atoms with Crippen LogP contribution in [0.25, 0.3) is 33.6 Å². The van der Waals surface area contributed by atoms with Crippen molar-refractivity contribution in [3.05, 3.63) is 55.2 Å². The quantitative estimate of drug-likeness (QED) is 0.351. The van der Waals surface area contributed by atoms with E-state index in [0.29, 0.717) is 18.8 Å². The van der Waals surface area contributed by atoms with Crippen LogP contribution in [0.15, 0.2) is 55.2 Å². The lowest BCUT2D eigenvalue weighted by molar-refractivity contribution is -0.00475. The fourth-order valence-corrected chi connectivity index (χ4v) is 4.93. The molecule has 188 valence electrons. The van der Waals surface area contributed by atoms with Crippen molar-refractivity contribution in [2.45, 2.75) is 44.4 Å². The Hall–Kier alpha value is -3.59. The molecule has 3 atom stereocenters. The molecule has 3 heterocycles. The Labute approximate surface area is 210 Å². The lowest BCUT2D eigenvalue weighted by Crippen LogP contribution is -2.34. The third-order valence-electron chi connectivity index (χ3n) is 6.92. The number of rotatable bonds is 8. The average Bonchev–Trinajstić information content (AvgIpc) is 3.52. The minimum atomic E-state index is -1.10. The van der Waals surface area contributed by atoms with Gasteiger partial charge in [-0.1, -0.05) is 24.6 Å². The highest BCUT2D eigenvalue weighted by molar-refractivity contribution is 5.76. The van der Waals surface area contributed by atoms with E-state index in [0.717, 1.165) is 59.3 Å². The number of aromatic nitrogens is 6. The molecule has 36 heavy (non-hydrogen) atoms. The normalized spacial score (nSPS) is 19.9. The Bertz CT molecular complexity index is 1320. The van der Waals surface area contributed by atoms with Gasteiger partial charge in [-0.05, 0) is 43.2 Å². The van der Waals surface area contributed by atoms with Crippen molar-refractivity contribution in [1.82, 2.24) is 29.5 Å². The average molecular weight is 490 g/mol. The molecule has 3 aromatic heterocycles. The molecular weight excluding hydrogens is 457 g/mol. The number of hydrogen-bond acceptors (Lipinski definition) is 6. The van der Waals surface area contributed by atoms with Gasteiger partial charge in [-0.25, -0.2) is 14.4 Å². The van der Waals surface area contributed by atoms with Crippen LogP contribution in [0.5, 0.6) is 0 Å². The van der Waals surface area contributed by atoms with Crippen molar-refractivity contribution < 1.29 is 9.50 Å². The second-order valence-electron chi connectivity index (χ2n) is 9.61. The van der Waals surface area contributed by atoms with Gasteiger partial charge in [-0.2, -0.15) is 10.2 Å². The number of aliphatic hydroxyl groups is 1. The maximum Gasteiger partial charge on any atom is 0.161 e. The summed E-state index contributed by atoms with van der Waals surface area (Å²) < 4.78 is 17.4. The molecule has 0 bridgehead atoms. The van der Waals surface area contributed by atoms with Gasteiger partial charge in [0, 0.05) is 61.5 Å². The number of aliphatic hydroxyl groups excluding tert-OH is 1. The van der Waals surface area contributed by atoms with Gasteiger partial charge < -0.3 is 10.4 Å². The predicted octanol–water partition coefficient (Wildman–Crippen LogP) is 4.64. The van der Waals surface area contributed by atoms with E-state index in [9.17, 15) is 9.50 Å². The van der Waals surface area contributed by atoms with Crippen LogP contribution in [0.3, 0.4) is 0 Å². The number of aryl methyl sites for hydroxylation is 2. The number of alkyl halides is 1. The zero-order chi connectivity index (χ0) is 25.1. The molecule has 4 aromatic rings. The van der Waals surface area contributed by atoms with Crippen LogP contribution in [-0.4, -0.2) is 53.5 Å². The topological polar surface area (TPSA) is 93.7 Å². The second-order valence-corrected chi connectivity index (χ2v) is 9.61. The molecular formula is C27H32FN7O. The van der Waals surface area contributed by atoms with Gasteiger partial charge >= 0.3 is 0 Å². The van der Waals surface area contributed by atoms with Gasteiger partial charge in [0.2, 0.25) is 0 Å². The minimum absolute atomic E-state index is 0.0181. The zero-order valence-corrected chi connectivity index (χ0v) is 20.7. The van der Waals surface area contributed by atoms with Crippen LogP contribution in [0.4, 0.5) is 10.2 Å². The molecule has 1 fully saturated rings. The Morgan fingerprint density at radius 1 is 1.00 bits per heavy atom. The Balaban J connectivity index is 1.36. The molecule has 0 saturated heterocycles. The molecule has 0 spiro atoms. The van der Waals surface area contributed by atoms with Gasteiger partial charge in [0.15, 0.2) is 5.82 Å². The van der Waals surface area contributed by atoms with Crippen LogP contribution >= 0.6 is 0 Å². The molecule has 0 unspecified atom stereocenters. The van der Waals surface area contributed by atoms with Crippen LogP contribution in [0.2, 0.25) is 0 Å². The monoisotopic (exact) mass is 489 g/mol. The fourth-order valence-electron chi connectivity index (χ4n) is 4.93. The maximum atomic E-state index is 13.9. The van der Waals surface area contributed by atoms with Crippen LogP contribution in [0, 0.1) is 5.92 Å². The second kappa shape index (κ2) is 10.6. The van der Waals surface area contributed by atoms with E-state index in [4.69, 9.17) is 4.98 Å². The van der Waals surface area contributed by atoms with E-state index >= 15 is 0 Å². The Morgan fingerprint density at radius 3 is 2.50 bits per heavy atom. The molecule has 0 radical (unpaired) electrons. The number of nitrogens with zero attached hydrogens (tertiary/aromatic N) is 6. The molecule has 8 nitrogen and oxygen atoms in total. The highest BCUT2D eigenvalue weighted by Gasteiger charge is 2.31. The minimum Gasteiger partial charge on any atom is -0.390 e. The van der Waals surface area contributed by atoms with Gasteiger partial charge in [0.25, 0.3) is 0 Å². The first kappa shape index (κ1) is 24.1. The lowest BCUT2D eigenvalue weighted by atomic mass is 9.82. The van der Waals surface area contributed by atoms with Gasteiger partial charge in [-0.15, -0.1) is 0 Å². The summed E-state index contributed by atoms with van der Waals surface area (Å²) in [5.74, 6) is 1.37. The Morgan fingerprint density at radius 2 is 1.75 bits per heavy atom. The number of hydrogen-bond donors (Lipinski definition) is 2. The van der Waals surface area contributed by atoms with Crippen molar-refractivity contribution >= 4 is 5.82 Å². The summed E-state index contributed by atoms with van der Waals surface area (Å²) in [7, 11) is 3.78. The molecule has 9 heteroatoms. The van der Waals surface area contributed by atoms with E-state index < -0.39 is 12.3 Å². The molecule has 5 rings (SSSR count). The van der Waals surface area contributed by atoms with E-state index in [2.05, 4.69) is 26.6 Å². The van der Waals surface area contributed by atoms with Gasteiger partial charge in [0.05, 0.1) is 18.5 Å². The zero-order valence-electron chi connectivity index (χ0n) is 20.7. The van der Waals surface area contributed by atoms with Crippen molar-refractivity contribution in [2.75, 3.05) is 11.9 Å². The van der Waals surface area contributed by atoms with E-state index in [1.54, 1.807) is 15.6 Å². The molecule has 2 N–H and O–H groups in total. The van der Waals surface area contributed by atoms with Crippen molar-refractivity contribution in [3.8, 4) is 33.6 Å². The van der Waals surface area contributed by atoms with Crippen LogP contribution < -0.4 is 5.32 Å². The van der Waals surface area contributed by atoms with Gasteiger partial charge in [0.1, 0.15) is 12.0 Å². The molecule has 0 amide bonds. The molecule has 1 aromatic carbocycles. The first-order valence-corrected chi connectivity index (χ1v) is 12.5. The largest absolute Gasteiger partial charge is 0.390 e. The standard InChI is InChI=1S/C27H32FN7O/c1-34-16-21(13-31-34)19-7-3-8-20(12-19)26-30-15-23(22-14-32-35(2)17-22)27(33-26)29-11-5-9-18-6-4-10-24(28)25(18)36/h3,7-8,12-18,24-25,36H,4-6,9-11H2,1-2H3,(H,29,30,33)/t18-,24+,25+/m1/s1. The summed E-state index contributed by atoms with van der Waals surface area (Å²) in [4.78, 5) is 9.56. The number of nitrogens with one attached hydrogen (secondary N) is 1. The maximum absolute atomic E-state index is 13.9. The fraction of sp³-hybridized carbons (Fsp3) is 0.407. The summed E-state index contributed by atoms with van der Waals surface area (Å²) in [6.07, 6.45) is 11.2. The van der Waals surface area contributed by atoms with Crippen molar-refractivity contribution in [2.24, 2.45) is 20.0 Å². The highest BCUT2D eigenvalue weighted by Crippen LogP contribution is 2.32. The third-order valence-corrected chi connectivity index (χ3v) is 6.92. The van der Waals surface area contributed by atoms with E-state index in [1.807, 2.05) is 57.1 Å². The first-order chi connectivity index (χ1) is 17.5. The van der Waals surface area contributed by atoms with Crippen molar-refractivity contribution in [3.63, 3.8) is 0 Å². The van der Waals surface area contributed by atoms with Crippen LogP contribution in [-0.2, 0) is 14.1 Å². The predicted molar refractivity (Wildman–Crippen MR) is 138 cm³/mol. The van der Waals surface area contributed by atoms with E-state index in [1.165, 1.54) is 0 Å². The lowest BCUT2D eigenvalue weighted by Gasteiger charge is -2.30. The van der Waals surface area contributed by atoms with Gasteiger partial charge in [-0.3, -0.25) is 9.36 Å². The van der Waals surface area contributed by atoms with Crippen molar-refractivity contribution in [1.29, 1.82) is 0 Å². The highest BCUT2D eigenvalue weighted by atomic mass is 19.1. The number of anilines is 1. The third kappa shape index (κ3) is 5.31. The van der Waals surface area contributed by atoms with E-state index in [-0.39, 0.29) is 5.92 Å².